The fraction of sp³-hybridized carbons (Fsp3) is 0.667. The lowest BCUT2D eigenvalue weighted by Gasteiger charge is -2.25. The van der Waals surface area contributed by atoms with Crippen LogP contribution in [0.4, 0.5) is 10.2 Å². The first-order valence-corrected chi connectivity index (χ1v) is 7.43. The molecule has 1 aromatic rings. The van der Waals surface area contributed by atoms with E-state index in [1.54, 1.807) is 12.3 Å². The van der Waals surface area contributed by atoms with Gasteiger partial charge < -0.3 is 10.2 Å². The number of halogens is 1. The van der Waals surface area contributed by atoms with E-state index in [1.807, 2.05) is 0 Å². The molecule has 3 rings (SSSR count). The van der Waals surface area contributed by atoms with Gasteiger partial charge in [-0.1, -0.05) is 6.92 Å². The van der Waals surface area contributed by atoms with Crippen molar-refractivity contribution in [1.82, 2.24) is 10.3 Å². The molecule has 0 bridgehead atoms. The molecule has 2 aliphatic rings. The van der Waals surface area contributed by atoms with Crippen molar-refractivity contribution in [3.05, 3.63) is 23.6 Å². The molecular weight excluding hydrogens is 241 g/mol. The minimum absolute atomic E-state index is 0.129. The van der Waals surface area contributed by atoms with Crippen LogP contribution in [-0.2, 0) is 6.54 Å². The Balaban J connectivity index is 1.78. The Morgan fingerprint density at radius 3 is 3.00 bits per heavy atom. The van der Waals surface area contributed by atoms with Crippen LogP contribution in [0.25, 0.3) is 0 Å². The van der Waals surface area contributed by atoms with E-state index in [4.69, 9.17) is 0 Å². The largest absolute Gasteiger partial charge is 0.351 e. The predicted molar refractivity (Wildman–Crippen MR) is 74.7 cm³/mol. The second-order valence-electron chi connectivity index (χ2n) is 5.66. The number of aromatic nitrogens is 1. The highest BCUT2D eigenvalue weighted by atomic mass is 19.1. The normalized spacial score (nSPS) is 23.1. The standard InChI is InChI=1S/C15H22FN3/c1-2-13-4-3-9-19(13)15-14(16)11(7-8-17-15)10-18-12-5-6-12/h7-8,12-13,18H,2-6,9-10H2,1H3. The van der Waals surface area contributed by atoms with Crippen molar-refractivity contribution in [3.63, 3.8) is 0 Å². The summed E-state index contributed by atoms with van der Waals surface area (Å²) in [6, 6.07) is 2.85. The monoisotopic (exact) mass is 263 g/mol. The molecule has 1 aliphatic heterocycles. The topological polar surface area (TPSA) is 28.2 Å². The van der Waals surface area contributed by atoms with E-state index < -0.39 is 0 Å². The molecule has 2 heterocycles. The highest BCUT2D eigenvalue weighted by molar-refractivity contribution is 5.45. The lowest BCUT2D eigenvalue weighted by Crippen LogP contribution is -2.30. The number of rotatable bonds is 5. The van der Waals surface area contributed by atoms with E-state index >= 15 is 0 Å². The molecular formula is C15H22FN3. The van der Waals surface area contributed by atoms with Gasteiger partial charge in [0.2, 0.25) is 0 Å². The molecule has 1 aromatic heterocycles. The van der Waals surface area contributed by atoms with Crippen LogP contribution in [-0.4, -0.2) is 23.6 Å². The lowest BCUT2D eigenvalue weighted by atomic mass is 10.1. The number of hydrogen-bond acceptors (Lipinski definition) is 3. The Kier molecular flexibility index (Phi) is 3.69. The van der Waals surface area contributed by atoms with E-state index in [0.717, 1.165) is 31.4 Å². The van der Waals surface area contributed by atoms with Crippen molar-refractivity contribution in [2.45, 2.75) is 57.7 Å². The first-order valence-electron chi connectivity index (χ1n) is 7.43. The zero-order valence-corrected chi connectivity index (χ0v) is 11.5. The summed E-state index contributed by atoms with van der Waals surface area (Å²) in [5.41, 5.74) is 0.749. The van der Waals surface area contributed by atoms with Crippen LogP contribution in [0.2, 0.25) is 0 Å². The summed E-state index contributed by atoms with van der Waals surface area (Å²) >= 11 is 0. The van der Waals surface area contributed by atoms with E-state index in [0.29, 0.717) is 24.4 Å². The number of pyridine rings is 1. The van der Waals surface area contributed by atoms with Gasteiger partial charge >= 0.3 is 0 Å². The fourth-order valence-electron chi connectivity index (χ4n) is 2.89. The van der Waals surface area contributed by atoms with Crippen molar-refractivity contribution < 1.29 is 4.39 Å². The van der Waals surface area contributed by atoms with Crippen molar-refractivity contribution in [2.75, 3.05) is 11.4 Å². The molecule has 104 valence electrons. The molecule has 1 atom stereocenters. The SMILES string of the molecule is CCC1CCCN1c1nccc(CNC2CC2)c1F. The summed E-state index contributed by atoms with van der Waals surface area (Å²) in [5.74, 6) is 0.426. The van der Waals surface area contributed by atoms with Crippen molar-refractivity contribution in [1.29, 1.82) is 0 Å². The minimum Gasteiger partial charge on any atom is -0.351 e. The molecule has 1 unspecified atom stereocenters. The Labute approximate surface area is 114 Å². The van der Waals surface area contributed by atoms with Gasteiger partial charge in [0, 0.05) is 36.9 Å². The molecule has 0 amide bonds. The Hall–Kier alpha value is -1.16. The third-order valence-corrected chi connectivity index (χ3v) is 4.23. The van der Waals surface area contributed by atoms with Crippen LogP contribution in [0.3, 0.4) is 0 Å². The minimum atomic E-state index is -0.129. The van der Waals surface area contributed by atoms with Gasteiger partial charge in [0.15, 0.2) is 11.6 Å². The predicted octanol–water partition coefficient (Wildman–Crippen LogP) is 2.85. The Morgan fingerprint density at radius 2 is 2.26 bits per heavy atom. The molecule has 1 aliphatic carbocycles. The second-order valence-corrected chi connectivity index (χ2v) is 5.66. The number of nitrogens with one attached hydrogen (secondary N) is 1. The number of hydrogen-bond donors (Lipinski definition) is 1. The first kappa shape index (κ1) is 12.9. The van der Waals surface area contributed by atoms with Gasteiger partial charge in [-0.25, -0.2) is 9.37 Å². The van der Waals surface area contributed by atoms with Crippen LogP contribution < -0.4 is 10.2 Å². The first-order chi connectivity index (χ1) is 9.29. The molecule has 3 nitrogen and oxygen atoms in total. The van der Waals surface area contributed by atoms with Crippen molar-refractivity contribution >= 4 is 5.82 Å². The molecule has 1 N–H and O–H groups in total. The summed E-state index contributed by atoms with van der Waals surface area (Å²) in [6.45, 7) is 3.72. The van der Waals surface area contributed by atoms with Gasteiger partial charge in [0.05, 0.1) is 0 Å². The molecule has 0 radical (unpaired) electrons. The van der Waals surface area contributed by atoms with E-state index in [9.17, 15) is 4.39 Å². The smallest absolute Gasteiger partial charge is 0.170 e. The zero-order chi connectivity index (χ0) is 13.2. The molecule has 1 saturated carbocycles. The van der Waals surface area contributed by atoms with Crippen molar-refractivity contribution in [2.24, 2.45) is 0 Å². The van der Waals surface area contributed by atoms with Crippen LogP contribution in [0.5, 0.6) is 0 Å². The summed E-state index contributed by atoms with van der Waals surface area (Å²) in [4.78, 5) is 6.43. The van der Waals surface area contributed by atoms with Gasteiger partial charge in [-0.3, -0.25) is 0 Å². The molecule has 0 aromatic carbocycles. The highest BCUT2D eigenvalue weighted by Crippen LogP contribution is 2.29. The maximum absolute atomic E-state index is 14.6. The molecule has 19 heavy (non-hydrogen) atoms. The maximum Gasteiger partial charge on any atom is 0.170 e. The molecule has 0 spiro atoms. The van der Waals surface area contributed by atoms with Gasteiger partial charge in [-0.05, 0) is 38.2 Å². The summed E-state index contributed by atoms with van der Waals surface area (Å²) in [5, 5.41) is 3.37. The summed E-state index contributed by atoms with van der Waals surface area (Å²) in [7, 11) is 0. The van der Waals surface area contributed by atoms with Crippen LogP contribution in [0, 0.1) is 5.82 Å². The van der Waals surface area contributed by atoms with Gasteiger partial charge in [-0.15, -0.1) is 0 Å². The van der Waals surface area contributed by atoms with Gasteiger partial charge in [-0.2, -0.15) is 0 Å². The highest BCUT2D eigenvalue weighted by Gasteiger charge is 2.27. The number of nitrogens with zero attached hydrogens (tertiary/aromatic N) is 2. The third-order valence-electron chi connectivity index (χ3n) is 4.23. The van der Waals surface area contributed by atoms with Gasteiger partial charge in [0.1, 0.15) is 0 Å². The summed E-state index contributed by atoms with van der Waals surface area (Å²) < 4.78 is 14.6. The maximum atomic E-state index is 14.6. The lowest BCUT2D eigenvalue weighted by molar-refractivity contribution is 0.563. The van der Waals surface area contributed by atoms with E-state index in [2.05, 4.69) is 22.1 Å². The average molecular weight is 263 g/mol. The van der Waals surface area contributed by atoms with E-state index in [-0.39, 0.29) is 5.82 Å². The summed E-state index contributed by atoms with van der Waals surface area (Å²) in [6.07, 6.45) is 7.55. The van der Waals surface area contributed by atoms with Crippen LogP contribution >= 0.6 is 0 Å². The molecule has 2 fully saturated rings. The zero-order valence-electron chi connectivity index (χ0n) is 11.5. The third kappa shape index (κ3) is 2.73. The van der Waals surface area contributed by atoms with Crippen molar-refractivity contribution in [3.8, 4) is 0 Å². The van der Waals surface area contributed by atoms with Crippen LogP contribution in [0.1, 0.15) is 44.6 Å². The Morgan fingerprint density at radius 1 is 1.42 bits per heavy atom. The van der Waals surface area contributed by atoms with E-state index in [1.165, 1.54) is 12.8 Å². The Bertz CT molecular complexity index is 445. The van der Waals surface area contributed by atoms with Crippen LogP contribution in [0.15, 0.2) is 12.3 Å². The molecule has 1 saturated heterocycles. The van der Waals surface area contributed by atoms with Gasteiger partial charge in [0.25, 0.3) is 0 Å². The molecule has 4 heteroatoms. The fourth-order valence-corrected chi connectivity index (χ4v) is 2.89. The average Bonchev–Trinajstić information content (AvgIpc) is 3.13. The second kappa shape index (κ2) is 5.45. The number of anilines is 1. The quantitative estimate of drug-likeness (QED) is 0.885.